The molecular formula is C26H34N4O3. The molecule has 1 aliphatic carbocycles. The fourth-order valence-electron chi connectivity index (χ4n) is 5.19. The van der Waals surface area contributed by atoms with E-state index in [1.807, 2.05) is 17.0 Å². The van der Waals surface area contributed by atoms with Crippen LogP contribution in [0.3, 0.4) is 0 Å². The lowest BCUT2D eigenvalue weighted by molar-refractivity contribution is -0.124. The van der Waals surface area contributed by atoms with Gasteiger partial charge in [-0.05, 0) is 63.8 Å². The molecule has 0 spiro atoms. The Morgan fingerprint density at radius 1 is 1.12 bits per heavy atom. The summed E-state index contributed by atoms with van der Waals surface area (Å²) in [4.78, 5) is 22.6. The molecule has 0 bridgehead atoms. The number of nitrogens with zero attached hydrogens (tertiary/aromatic N) is 3. The molecule has 2 aromatic rings. The summed E-state index contributed by atoms with van der Waals surface area (Å²) in [6.07, 6.45) is 6.19. The summed E-state index contributed by atoms with van der Waals surface area (Å²) in [6.45, 7) is 6.43. The second kappa shape index (κ2) is 9.31. The zero-order valence-electron chi connectivity index (χ0n) is 19.8. The first-order chi connectivity index (χ1) is 16.0. The Labute approximate surface area is 196 Å². The van der Waals surface area contributed by atoms with Crippen LogP contribution in [-0.2, 0) is 20.8 Å². The van der Waals surface area contributed by atoms with Gasteiger partial charge in [-0.25, -0.2) is 4.98 Å². The molecule has 0 radical (unpaired) electrons. The van der Waals surface area contributed by atoms with Crippen LogP contribution < -0.4 is 15.1 Å². The number of methoxy groups -OCH3 is 1. The van der Waals surface area contributed by atoms with Crippen LogP contribution >= 0.6 is 0 Å². The Morgan fingerprint density at radius 2 is 1.91 bits per heavy atom. The summed E-state index contributed by atoms with van der Waals surface area (Å²) in [6, 6.07) is 10.3. The van der Waals surface area contributed by atoms with Crippen LogP contribution in [0, 0.1) is 5.92 Å². The molecule has 5 rings (SSSR count). The first-order valence-corrected chi connectivity index (χ1v) is 12.1. The largest absolute Gasteiger partial charge is 0.381 e. The van der Waals surface area contributed by atoms with Crippen molar-refractivity contribution in [2.45, 2.75) is 64.4 Å². The Morgan fingerprint density at radius 3 is 2.64 bits per heavy atom. The Hall–Kier alpha value is -2.64. The van der Waals surface area contributed by atoms with Crippen molar-refractivity contribution in [1.29, 1.82) is 0 Å². The predicted octanol–water partition coefficient (Wildman–Crippen LogP) is 4.49. The number of carbonyl (C=O) groups excluding carboxylic acids is 1. The summed E-state index contributed by atoms with van der Waals surface area (Å²) in [5.74, 6) is 1.05. The van der Waals surface area contributed by atoms with Crippen molar-refractivity contribution in [3.8, 4) is 0 Å². The minimum atomic E-state index is 0.0268. The summed E-state index contributed by atoms with van der Waals surface area (Å²) in [7, 11) is 1.77. The monoisotopic (exact) mass is 450 g/mol. The van der Waals surface area contributed by atoms with Gasteiger partial charge in [0.05, 0.1) is 36.2 Å². The predicted molar refractivity (Wildman–Crippen MR) is 130 cm³/mol. The van der Waals surface area contributed by atoms with Gasteiger partial charge in [-0.15, -0.1) is 0 Å². The van der Waals surface area contributed by atoms with Crippen molar-refractivity contribution in [2.75, 3.05) is 35.3 Å². The van der Waals surface area contributed by atoms with Gasteiger partial charge in [-0.1, -0.05) is 6.07 Å². The zero-order chi connectivity index (χ0) is 22.9. The average molecular weight is 451 g/mol. The first kappa shape index (κ1) is 22.2. The van der Waals surface area contributed by atoms with Crippen molar-refractivity contribution < 1.29 is 14.3 Å². The molecule has 7 heteroatoms. The summed E-state index contributed by atoms with van der Waals surface area (Å²) in [5.41, 5.74) is 4.01. The van der Waals surface area contributed by atoms with Crippen LogP contribution in [0.15, 0.2) is 36.5 Å². The van der Waals surface area contributed by atoms with Gasteiger partial charge in [0, 0.05) is 43.6 Å². The van der Waals surface area contributed by atoms with Gasteiger partial charge in [0.2, 0.25) is 5.91 Å². The van der Waals surface area contributed by atoms with Crippen LogP contribution in [0.1, 0.15) is 45.1 Å². The highest BCUT2D eigenvalue weighted by Crippen LogP contribution is 2.40. The highest BCUT2D eigenvalue weighted by Gasteiger charge is 2.34. The number of hydrogen-bond donors (Lipinski definition) is 1. The highest BCUT2D eigenvalue weighted by atomic mass is 16.5. The number of ether oxygens (including phenoxy) is 2. The molecule has 2 aliphatic heterocycles. The van der Waals surface area contributed by atoms with Gasteiger partial charge in [-0.3, -0.25) is 4.79 Å². The smallest absolute Gasteiger partial charge is 0.230 e. The van der Waals surface area contributed by atoms with Gasteiger partial charge >= 0.3 is 0 Å². The molecule has 33 heavy (non-hydrogen) atoms. The second-order valence-electron chi connectivity index (χ2n) is 9.68. The number of hydrogen-bond acceptors (Lipinski definition) is 6. The maximum absolute atomic E-state index is 13.8. The molecule has 0 unspecified atom stereocenters. The van der Waals surface area contributed by atoms with E-state index in [9.17, 15) is 4.79 Å². The maximum Gasteiger partial charge on any atom is 0.230 e. The first-order valence-electron chi connectivity index (χ1n) is 12.1. The molecule has 1 amide bonds. The van der Waals surface area contributed by atoms with Gasteiger partial charge in [0.15, 0.2) is 0 Å². The SMILES string of the molecule is CO[C@H]1CC[C@H](C(=O)N2Cc3cccnc3Nc3ccc(N4CC(OC(C)C)C4)cc32)CC1. The normalized spacial score (nSPS) is 22.8. The lowest BCUT2D eigenvalue weighted by Crippen LogP contribution is -2.53. The van der Waals surface area contributed by atoms with Crippen LogP contribution in [0.5, 0.6) is 0 Å². The maximum atomic E-state index is 13.8. The minimum Gasteiger partial charge on any atom is -0.381 e. The standard InChI is InChI=1S/C26H34N4O3/c1-17(2)33-22-15-29(16-22)20-8-11-23-24(13-20)30(14-19-5-4-12-27-25(19)28-23)26(31)18-6-9-21(32-3)10-7-18/h4-5,8,11-13,17-18,21-22H,6-7,9-10,14-16H2,1-3H3,(H,27,28)/t18-,21-. The number of anilines is 4. The highest BCUT2D eigenvalue weighted by molar-refractivity contribution is 6.00. The third-order valence-corrected chi connectivity index (χ3v) is 7.05. The number of carbonyl (C=O) groups is 1. The van der Waals surface area contributed by atoms with E-state index >= 15 is 0 Å². The third kappa shape index (κ3) is 4.57. The van der Waals surface area contributed by atoms with Gasteiger partial charge in [0.1, 0.15) is 5.82 Å². The fourth-order valence-corrected chi connectivity index (χ4v) is 5.19. The molecule has 2 fully saturated rings. The number of aromatic nitrogens is 1. The van der Waals surface area contributed by atoms with Crippen LogP contribution in [-0.4, -0.2) is 49.4 Å². The number of benzene rings is 1. The van der Waals surface area contributed by atoms with Crippen molar-refractivity contribution in [1.82, 2.24) is 4.98 Å². The topological polar surface area (TPSA) is 66.9 Å². The summed E-state index contributed by atoms with van der Waals surface area (Å²) >= 11 is 0. The molecule has 1 saturated carbocycles. The van der Waals surface area contributed by atoms with E-state index in [2.05, 4.69) is 47.2 Å². The molecule has 176 valence electrons. The quantitative estimate of drug-likeness (QED) is 0.724. The molecule has 1 N–H and O–H groups in total. The summed E-state index contributed by atoms with van der Waals surface area (Å²) in [5, 5.41) is 3.48. The van der Waals surface area contributed by atoms with E-state index in [4.69, 9.17) is 9.47 Å². The lowest BCUT2D eigenvalue weighted by atomic mass is 9.86. The molecule has 1 aromatic heterocycles. The van der Waals surface area contributed by atoms with Crippen LogP contribution in [0.25, 0.3) is 0 Å². The van der Waals surface area contributed by atoms with E-state index in [1.165, 1.54) is 0 Å². The lowest BCUT2D eigenvalue weighted by Gasteiger charge is -2.42. The zero-order valence-corrected chi connectivity index (χ0v) is 19.8. The Balaban J connectivity index is 1.42. The molecule has 3 heterocycles. The minimum absolute atomic E-state index is 0.0268. The Kier molecular flexibility index (Phi) is 6.25. The van der Waals surface area contributed by atoms with Crippen molar-refractivity contribution in [2.24, 2.45) is 5.92 Å². The van der Waals surface area contributed by atoms with Crippen molar-refractivity contribution in [3.05, 3.63) is 42.1 Å². The van der Waals surface area contributed by atoms with Crippen LogP contribution in [0.2, 0.25) is 0 Å². The second-order valence-corrected chi connectivity index (χ2v) is 9.68. The molecule has 0 atom stereocenters. The average Bonchev–Trinajstić information content (AvgIpc) is 2.97. The third-order valence-electron chi connectivity index (χ3n) is 7.05. The van der Waals surface area contributed by atoms with Crippen LogP contribution in [0.4, 0.5) is 22.9 Å². The van der Waals surface area contributed by atoms with E-state index in [0.29, 0.717) is 6.54 Å². The van der Waals surface area contributed by atoms with Gasteiger partial charge < -0.3 is 24.6 Å². The molecule has 3 aliphatic rings. The van der Waals surface area contributed by atoms with Crippen molar-refractivity contribution >= 4 is 28.8 Å². The number of rotatable bonds is 5. The molecule has 1 aromatic carbocycles. The number of nitrogens with one attached hydrogen (secondary N) is 1. The number of fused-ring (bicyclic) bond motifs is 2. The Bertz CT molecular complexity index is 997. The van der Waals surface area contributed by atoms with E-state index in [0.717, 1.165) is 67.2 Å². The number of amides is 1. The molecular weight excluding hydrogens is 416 g/mol. The summed E-state index contributed by atoms with van der Waals surface area (Å²) < 4.78 is 11.5. The number of pyridine rings is 1. The fraction of sp³-hybridized carbons (Fsp3) is 0.538. The van der Waals surface area contributed by atoms with E-state index < -0.39 is 0 Å². The van der Waals surface area contributed by atoms with Gasteiger partial charge in [-0.2, -0.15) is 0 Å². The van der Waals surface area contributed by atoms with E-state index in [1.54, 1.807) is 13.3 Å². The molecule has 7 nitrogen and oxygen atoms in total. The molecule has 1 saturated heterocycles. The van der Waals surface area contributed by atoms with Gasteiger partial charge in [0.25, 0.3) is 0 Å². The van der Waals surface area contributed by atoms with Crippen molar-refractivity contribution in [3.63, 3.8) is 0 Å². The van der Waals surface area contributed by atoms with E-state index in [-0.39, 0.29) is 30.1 Å².